The molecule has 0 heterocycles. The Bertz CT molecular complexity index is 398. The molecule has 0 aliphatic heterocycles. The quantitative estimate of drug-likeness (QED) is 0.655. The Balaban J connectivity index is 2.90. The van der Waals surface area contributed by atoms with Gasteiger partial charge in [-0.1, -0.05) is 5.92 Å². The van der Waals surface area contributed by atoms with E-state index in [0.29, 0.717) is 9.13 Å². The molecule has 1 aromatic rings. The lowest BCUT2D eigenvalue weighted by atomic mass is 10.2. The van der Waals surface area contributed by atoms with Crippen molar-refractivity contribution in [2.24, 2.45) is 0 Å². The fourth-order valence-corrected chi connectivity index (χ4v) is 1.48. The normalized spacial score (nSPS) is 9.21. The largest absolute Gasteiger partial charge is 0.341 e. The van der Waals surface area contributed by atoms with Crippen LogP contribution in [-0.4, -0.2) is 12.5 Å². The standard InChI is InChI=1S/C10H7FINO/c1-2-5-13-10(14)8-6-7(11)3-4-9(8)12/h1,3-4,6H,5H2,(H,13,14). The first-order chi connectivity index (χ1) is 6.65. The minimum absolute atomic E-state index is 0.144. The Morgan fingerprint density at radius 1 is 1.64 bits per heavy atom. The molecule has 0 fully saturated rings. The van der Waals surface area contributed by atoms with Gasteiger partial charge in [-0.2, -0.15) is 0 Å². The van der Waals surface area contributed by atoms with E-state index in [-0.39, 0.29) is 12.5 Å². The van der Waals surface area contributed by atoms with E-state index in [0.717, 1.165) is 0 Å². The van der Waals surface area contributed by atoms with Crippen LogP contribution in [0.4, 0.5) is 4.39 Å². The molecule has 0 aliphatic carbocycles. The van der Waals surface area contributed by atoms with Crippen LogP contribution >= 0.6 is 22.6 Å². The highest BCUT2D eigenvalue weighted by Gasteiger charge is 2.09. The lowest BCUT2D eigenvalue weighted by Crippen LogP contribution is -2.24. The fraction of sp³-hybridized carbons (Fsp3) is 0.100. The molecule has 14 heavy (non-hydrogen) atoms. The molecular formula is C10H7FINO. The van der Waals surface area contributed by atoms with Crippen LogP contribution in [0, 0.1) is 21.7 Å². The van der Waals surface area contributed by atoms with Crippen molar-refractivity contribution in [1.29, 1.82) is 0 Å². The number of halogens is 2. The number of hydrogen-bond acceptors (Lipinski definition) is 1. The summed E-state index contributed by atoms with van der Waals surface area (Å²) in [4.78, 5) is 11.4. The number of terminal acetylenes is 1. The Hall–Kier alpha value is -1.09. The smallest absolute Gasteiger partial charge is 0.253 e. The first-order valence-electron chi connectivity index (χ1n) is 3.82. The Labute approximate surface area is 95.0 Å². The maximum Gasteiger partial charge on any atom is 0.253 e. The molecule has 0 radical (unpaired) electrons. The van der Waals surface area contributed by atoms with Crippen LogP contribution in [0.15, 0.2) is 18.2 Å². The van der Waals surface area contributed by atoms with Crippen LogP contribution in [0.2, 0.25) is 0 Å². The highest BCUT2D eigenvalue weighted by atomic mass is 127. The third-order valence-corrected chi connectivity index (χ3v) is 2.46. The van der Waals surface area contributed by atoms with Crippen molar-refractivity contribution in [2.45, 2.75) is 0 Å². The van der Waals surface area contributed by atoms with Gasteiger partial charge in [-0.25, -0.2) is 4.39 Å². The number of carbonyl (C=O) groups excluding carboxylic acids is 1. The zero-order valence-corrected chi connectivity index (χ0v) is 9.34. The Morgan fingerprint density at radius 2 is 2.36 bits per heavy atom. The molecule has 0 aromatic heterocycles. The van der Waals surface area contributed by atoms with Crippen LogP contribution in [0.1, 0.15) is 10.4 Å². The Kier molecular flexibility index (Phi) is 3.89. The van der Waals surface area contributed by atoms with Gasteiger partial charge >= 0.3 is 0 Å². The van der Waals surface area contributed by atoms with Crippen molar-refractivity contribution in [3.63, 3.8) is 0 Å². The summed E-state index contributed by atoms with van der Waals surface area (Å²) in [5, 5.41) is 2.47. The maximum atomic E-state index is 12.8. The molecule has 0 saturated heterocycles. The maximum absolute atomic E-state index is 12.8. The second-order valence-corrected chi connectivity index (χ2v) is 3.67. The van der Waals surface area contributed by atoms with Gasteiger partial charge in [0.1, 0.15) is 5.82 Å². The van der Waals surface area contributed by atoms with Gasteiger partial charge in [-0.15, -0.1) is 6.42 Å². The summed E-state index contributed by atoms with van der Waals surface area (Å²) in [6, 6.07) is 4.04. The first-order valence-corrected chi connectivity index (χ1v) is 4.89. The van der Waals surface area contributed by atoms with Crippen LogP contribution in [-0.2, 0) is 0 Å². The second kappa shape index (κ2) is 4.96. The minimum atomic E-state index is -0.434. The van der Waals surface area contributed by atoms with E-state index in [4.69, 9.17) is 6.42 Å². The highest BCUT2D eigenvalue weighted by Crippen LogP contribution is 2.13. The molecule has 1 aromatic carbocycles. The predicted molar refractivity (Wildman–Crippen MR) is 60.3 cm³/mol. The molecule has 0 bridgehead atoms. The highest BCUT2D eigenvalue weighted by molar-refractivity contribution is 14.1. The van der Waals surface area contributed by atoms with E-state index < -0.39 is 5.82 Å². The average molecular weight is 303 g/mol. The van der Waals surface area contributed by atoms with Crippen LogP contribution in [0.3, 0.4) is 0 Å². The zero-order valence-electron chi connectivity index (χ0n) is 7.18. The fourth-order valence-electron chi connectivity index (χ4n) is 0.898. The first kappa shape index (κ1) is 11.0. The summed E-state index contributed by atoms with van der Waals surface area (Å²) < 4.78 is 13.5. The average Bonchev–Trinajstić information content (AvgIpc) is 2.18. The van der Waals surface area contributed by atoms with Gasteiger partial charge in [0, 0.05) is 3.57 Å². The van der Waals surface area contributed by atoms with Gasteiger partial charge in [0.25, 0.3) is 5.91 Å². The van der Waals surface area contributed by atoms with Gasteiger partial charge in [0.15, 0.2) is 0 Å². The van der Waals surface area contributed by atoms with Gasteiger partial charge < -0.3 is 5.32 Å². The number of benzene rings is 1. The van der Waals surface area contributed by atoms with E-state index in [1.54, 1.807) is 6.07 Å². The van der Waals surface area contributed by atoms with Crippen LogP contribution in [0.25, 0.3) is 0 Å². The zero-order chi connectivity index (χ0) is 10.6. The lowest BCUT2D eigenvalue weighted by molar-refractivity contribution is 0.0957. The number of amides is 1. The van der Waals surface area contributed by atoms with Crippen molar-refractivity contribution in [1.82, 2.24) is 5.32 Å². The summed E-state index contributed by atoms with van der Waals surface area (Å²) >= 11 is 1.96. The lowest BCUT2D eigenvalue weighted by Gasteiger charge is -2.03. The van der Waals surface area contributed by atoms with Gasteiger partial charge in [-0.3, -0.25) is 4.79 Å². The third-order valence-electron chi connectivity index (χ3n) is 1.52. The van der Waals surface area contributed by atoms with Crippen molar-refractivity contribution < 1.29 is 9.18 Å². The summed E-state index contributed by atoms with van der Waals surface area (Å²) in [5.74, 6) is 1.49. The molecule has 1 N–H and O–H groups in total. The van der Waals surface area contributed by atoms with E-state index in [2.05, 4.69) is 11.2 Å². The van der Waals surface area contributed by atoms with E-state index in [1.807, 2.05) is 22.6 Å². The predicted octanol–water partition coefficient (Wildman–Crippen LogP) is 1.79. The van der Waals surface area contributed by atoms with E-state index in [9.17, 15) is 9.18 Å². The topological polar surface area (TPSA) is 29.1 Å². The molecule has 4 heteroatoms. The van der Waals surface area contributed by atoms with Crippen molar-refractivity contribution in [3.8, 4) is 12.3 Å². The van der Waals surface area contributed by atoms with Gasteiger partial charge in [0.05, 0.1) is 12.1 Å². The molecule has 1 amide bonds. The van der Waals surface area contributed by atoms with Gasteiger partial charge in [-0.05, 0) is 40.8 Å². The molecule has 0 saturated carbocycles. The van der Waals surface area contributed by atoms with E-state index >= 15 is 0 Å². The van der Waals surface area contributed by atoms with Crippen LogP contribution in [0.5, 0.6) is 0 Å². The molecule has 0 spiro atoms. The summed E-state index contributed by atoms with van der Waals surface area (Å²) in [7, 11) is 0. The Morgan fingerprint density at radius 3 is 3.00 bits per heavy atom. The minimum Gasteiger partial charge on any atom is -0.341 e. The monoisotopic (exact) mass is 303 g/mol. The molecule has 2 nitrogen and oxygen atoms in total. The summed E-state index contributed by atoms with van der Waals surface area (Å²) in [6.07, 6.45) is 4.98. The molecule has 72 valence electrons. The molecule has 0 unspecified atom stereocenters. The number of hydrogen-bond donors (Lipinski definition) is 1. The second-order valence-electron chi connectivity index (χ2n) is 2.51. The van der Waals surface area contributed by atoms with Gasteiger partial charge in [0.2, 0.25) is 0 Å². The van der Waals surface area contributed by atoms with Crippen LogP contribution < -0.4 is 5.32 Å². The molecule has 1 rings (SSSR count). The number of carbonyl (C=O) groups is 1. The number of nitrogens with one attached hydrogen (secondary N) is 1. The number of rotatable bonds is 2. The summed E-state index contributed by atoms with van der Waals surface area (Å²) in [6.45, 7) is 0.144. The van der Waals surface area contributed by atoms with Crippen molar-refractivity contribution in [2.75, 3.05) is 6.54 Å². The molecule has 0 atom stereocenters. The molecular weight excluding hydrogens is 296 g/mol. The van der Waals surface area contributed by atoms with Crippen molar-refractivity contribution in [3.05, 3.63) is 33.1 Å². The summed E-state index contributed by atoms with van der Waals surface area (Å²) in [5.41, 5.74) is 0.306. The third kappa shape index (κ3) is 2.70. The SMILES string of the molecule is C#CCNC(=O)c1cc(F)ccc1I. The van der Waals surface area contributed by atoms with E-state index in [1.165, 1.54) is 12.1 Å². The molecule has 0 aliphatic rings. The van der Waals surface area contributed by atoms with Crippen molar-refractivity contribution >= 4 is 28.5 Å².